The van der Waals surface area contributed by atoms with E-state index in [-0.39, 0.29) is 12.5 Å². The van der Waals surface area contributed by atoms with Gasteiger partial charge in [0.15, 0.2) is 0 Å². The molecule has 2 unspecified atom stereocenters. The first-order chi connectivity index (χ1) is 9.74. The highest BCUT2D eigenvalue weighted by molar-refractivity contribution is 6.60. The van der Waals surface area contributed by atoms with Crippen molar-refractivity contribution in [3.8, 4) is 0 Å². The minimum absolute atomic E-state index is 0.254. The average molecular weight is 305 g/mol. The highest BCUT2D eigenvalue weighted by Gasteiger charge is 2.43. The Morgan fingerprint density at radius 3 is 1.75 bits per heavy atom. The molecule has 20 heavy (non-hydrogen) atoms. The Hall–Kier alpha value is -0.0231. The Balaban J connectivity index is 1.79. The average Bonchev–Trinajstić information content (AvgIpc) is 3.28. The van der Waals surface area contributed by atoms with Gasteiger partial charge in [-0.05, 0) is 27.2 Å². The molecule has 0 aromatic heterocycles. The topological polar surface area (TPSA) is 56.0 Å². The van der Waals surface area contributed by atoms with E-state index < -0.39 is 8.80 Å². The van der Waals surface area contributed by atoms with Gasteiger partial charge >= 0.3 is 8.80 Å². The van der Waals surface area contributed by atoms with Gasteiger partial charge in [-0.1, -0.05) is 0 Å². The third kappa shape index (κ3) is 4.76. The van der Waals surface area contributed by atoms with Gasteiger partial charge in [0.25, 0.3) is 0 Å². The van der Waals surface area contributed by atoms with E-state index in [0.717, 1.165) is 32.2 Å². The molecule has 6 nitrogen and oxygen atoms in total. The molecule has 0 radical (unpaired) electrons. The predicted molar refractivity (Wildman–Crippen MR) is 76.2 cm³/mol. The van der Waals surface area contributed by atoms with E-state index in [9.17, 15) is 0 Å². The van der Waals surface area contributed by atoms with Crippen LogP contribution in [0.3, 0.4) is 0 Å². The van der Waals surface area contributed by atoms with Gasteiger partial charge in [0.2, 0.25) is 0 Å². The quantitative estimate of drug-likeness (QED) is 0.402. The Bertz CT molecular complexity index is 257. The third-order valence-electron chi connectivity index (χ3n) is 3.36. The normalized spacial score (nSPS) is 25.2. The second-order valence-corrected chi connectivity index (χ2v) is 7.63. The molecule has 0 N–H and O–H groups in total. The molecule has 0 aromatic carbocycles. The maximum Gasteiger partial charge on any atom is 0.500 e. The molecule has 0 aromatic rings. The molecule has 0 spiro atoms. The molecule has 2 saturated heterocycles. The number of epoxide rings is 2. The zero-order valence-electron chi connectivity index (χ0n) is 12.8. The summed E-state index contributed by atoms with van der Waals surface area (Å²) in [4.78, 5) is 2.28. The molecule has 0 saturated carbocycles. The van der Waals surface area contributed by atoms with Crippen LogP contribution >= 0.6 is 0 Å². The predicted octanol–water partition coefficient (Wildman–Crippen LogP) is 1.44. The van der Waals surface area contributed by atoms with Crippen molar-refractivity contribution in [1.82, 2.24) is 4.90 Å². The third-order valence-corrected chi connectivity index (χ3v) is 6.51. The summed E-state index contributed by atoms with van der Waals surface area (Å²) in [6, 6.07) is 0.846. The number of rotatable bonds is 12. The molecule has 2 atom stereocenters. The number of hydrogen-bond acceptors (Lipinski definition) is 6. The maximum atomic E-state index is 5.86. The van der Waals surface area contributed by atoms with Crippen LogP contribution in [-0.2, 0) is 22.8 Å². The number of nitrogens with zero attached hydrogens (tertiary/aromatic N) is 1. The van der Waals surface area contributed by atoms with Crippen molar-refractivity contribution in [3.63, 3.8) is 0 Å². The molecule has 7 heteroatoms. The second kappa shape index (κ2) is 7.84. The van der Waals surface area contributed by atoms with Gasteiger partial charge in [-0.15, -0.1) is 0 Å². The van der Waals surface area contributed by atoms with Gasteiger partial charge in [0.05, 0.1) is 13.2 Å². The van der Waals surface area contributed by atoms with Crippen molar-refractivity contribution >= 4 is 8.80 Å². The molecule has 2 aliphatic heterocycles. The fraction of sp³-hybridized carbons (Fsp3) is 1.00. The first-order valence-electron chi connectivity index (χ1n) is 7.65. The van der Waals surface area contributed by atoms with Crippen LogP contribution in [0.4, 0.5) is 0 Å². The smallest absolute Gasteiger partial charge is 0.374 e. The van der Waals surface area contributed by atoms with E-state index >= 15 is 0 Å². The lowest BCUT2D eigenvalue weighted by Crippen LogP contribution is -2.46. The van der Waals surface area contributed by atoms with E-state index in [1.807, 2.05) is 20.8 Å². The van der Waals surface area contributed by atoms with Crippen molar-refractivity contribution < 1.29 is 22.8 Å². The summed E-state index contributed by atoms with van der Waals surface area (Å²) in [5, 5.41) is 0. The Morgan fingerprint density at radius 2 is 1.40 bits per heavy atom. The lowest BCUT2D eigenvalue weighted by atomic mass is 10.4. The van der Waals surface area contributed by atoms with Crippen LogP contribution in [0.15, 0.2) is 0 Å². The number of hydrogen-bond donors (Lipinski definition) is 0. The van der Waals surface area contributed by atoms with Gasteiger partial charge in [0, 0.05) is 32.4 Å². The van der Waals surface area contributed by atoms with Crippen LogP contribution in [0, 0.1) is 0 Å². The first kappa shape index (κ1) is 16.3. The van der Waals surface area contributed by atoms with Gasteiger partial charge in [-0.2, -0.15) is 0 Å². The lowest BCUT2D eigenvalue weighted by molar-refractivity contribution is 0.0667. The number of ether oxygens (including phenoxy) is 2. The zero-order valence-corrected chi connectivity index (χ0v) is 13.8. The SMILES string of the molecule is CCO[Si](CCCN(C1CO1)C1CO1)(OCC)OCC. The Kier molecular flexibility index (Phi) is 6.41. The summed E-state index contributed by atoms with van der Waals surface area (Å²) in [6.45, 7) is 10.5. The van der Waals surface area contributed by atoms with Crippen molar-refractivity contribution in [3.05, 3.63) is 0 Å². The highest BCUT2D eigenvalue weighted by atomic mass is 28.4. The van der Waals surface area contributed by atoms with Crippen molar-refractivity contribution in [2.75, 3.05) is 39.6 Å². The maximum absolute atomic E-state index is 5.86. The van der Waals surface area contributed by atoms with Crippen LogP contribution < -0.4 is 0 Å². The molecule has 0 amide bonds. The molecule has 0 bridgehead atoms. The summed E-state index contributed by atoms with van der Waals surface area (Å²) in [5.74, 6) is 0. The molecule has 2 aliphatic rings. The Morgan fingerprint density at radius 1 is 0.950 bits per heavy atom. The van der Waals surface area contributed by atoms with Gasteiger partial charge in [-0.25, -0.2) is 4.90 Å². The zero-order chi connectivity index (χ0) is 14.4. The van der Waals surface area contributed by atoms with Crippen LogP contribution in [-0.4, -0.2) is 65.7 Å². The summed E-state index contributed by atoms with van der Waals surface area (Å²) in [5.41, 5.74) is 0. The van der Waals surface area contributed by atoms with E-state index in [0.29, 0.717) is 19.8 Å². The molecule has 2 fully saturated rings. The minimum atomic E-state index is -2.50. The van der Waals surface area contributed by atoms with Crippen molar-refractivity contribution in [1.29, 1.82) is 0 Å². The molecule has 118 valence electrons. The van der Waals surface area contributed by atoms with E-state index in [2.05, 4.69) is 4.90 Å². The Labute approximate surface area is 122 Å². The van der Waals surface area contributed by atoms with Crippen LogP contribution in [0.5, 0.6) is 0 Å². The van der Waals surface area contributed by atoms with Gasteiger partial charge in [-0.3, -0.25) is 0 Å². The van der Waals surface area contributed by atoms with Crippen LogP contribution in [0.2, 0.25) is 6.04 Å². The van der Waals surface area contributed by atoms with Gasteiger partial charge in [0.1, 0.15) is 12.5 Å². The standard InChI is InChI=1S/C13H27NO5Si/c1-4-17-20(18-5-2,19-6-3)9-7-8-14(12-10-15-12)13-11-16-13/h12-13H,4-11H2,1-3H3. The highest BCUT2D eigenvalue weighted by Crippen LogP contribution is 2.27. The van der Waals surface area contributed by atoms with Crippen molar-refractivity contribution in [2.24, 2.45) is 0 Å². The summed E-state index contributed by atoms with van der Waals surface area (Å²) in [7, 11) is -2.50. The molecular weight excluding hydrogens is 278 g/mol. The van der Waals surface area contributed by atoms with Crippen molar-refractivity contribution in [2.45, 2.75) is 45.7 Å². The van der Waals surface area contributed by atoms with E-state index in [4.69, 9.17) is 22.8 Å². The first-order valence-corrected chi connectivity index (χ1v) is 9.58. The van der Waals surface area contributed by atoms with E-state index in [1.54, 1.807) is 0 Å². The lowest BCUT2D eigenvalue weighted by Gasteiger charge is -2.29. The second-order valence-electron chi connectivity index (χ2n) is 4.90. The fourth-order valence-corrected chi connectivity index (χ4v) is 5.02. The minimum Gasteiger partial charge on any atom is -0.374 e. The molecular formula is C13H27NO5Si. The fourth-order valence-electron chi connectivity index (χ4n) is 2.42. The summed E-state index contributed by atoms with van der Waals surface area (Å²) < 4.78 is 28.3. The molecule has 2 heterocycles. The van der Waals surface area contributed by atoms with Gasteiger partial charge < -0.3 is 22.8 Å². The summed E-state index contributed by atoms with van der Waals surface area (Å²) >= 11 is 0. The van der Waals surface area contributed by atoms with Crippen LogP contribution in [0.1, 0.15) is 27.2 Å². The largest absolute Gasteiger partial charge is 0.500 e. The van der Waals surface area contributed by atoms with E-state index in [1.165, 1.54) is 0 Å². The monoisotopic (exact) mass is 305 g/mol. The van der Waals surface area contributed by atoms with Crippen LogP contribution in [0.25, 0.3) is 0 Å². The molecule has 2 rings (SSSR count). The summed E-state index contributed by atoms with van der Waals surface area (Å²) in [6.07, 6.45) is 1.49. The molecule has 0 aliphatic carbocycles.